The fraction of sp³-hybridized carbons (Fsp3) is 0.286. The zero-order valence-electron chi connectivity index (χ0n) is 14.2. The number of fused-ring (bicyclic) bond motifs is 1. The highest BCUT2D eigenvalue weighted by Crippen LogP contribution is 2.24. The van der Waals surface area contributed by atoms with Crippen LogP contribution in [0.4, 0.5) is 0 Å². The molecule has 0 spiro atoms. The molecule has 0 saturated carbocycles. The first-order chi connectivity index (χ1) is 12.5. The van der Waals surface area contributed by atoms with E-state index in [1.807, 2.05) is 6.07 Å². The normalized spacial score (nSPS) is 15.7. The number of halogens is 2. The van der Waals surface area contributed by atoms with E-state index in [0.717, 1.165) is 24.8 Å². The van der Waals surface area contributed by atoms with Crippen molar-refractivity contribution in [1.29, 1.82) is 0 Å². The Hall–Kier alpha value is -1.99. The van der Waals surface area contributed by atoms with E-state index >= 15 is 0 Å². The standard InChI is InChI=1S/C21H19Cl2NO2/c22-19-2-1-3-20(23)18(19)9-5-14-4-6-16-13-17(8-7-15(16)12-14)24-11-10-21(25)26/h1-4,6,12,17,24H,7-8,10-11,13H2,(H,25,26). The van der Waals surface area contributed by atoms with Crippen LogP contribution in [0.15, 0.2) is 36.4 Å². The van der Waals surface area contributed by atoms with Gasteiger partial charge in [-0.1, -0.05) is 47.2 Å². The van der Waals surface area contributed by atoms with Crippen LogP contribution in [0.3, 0.4) is 0 Å². The number of carboxylic acids is 1. The summed E-state index contributed by atoms with van der Waals surface area (Å²) in [6, 6.07) is 11.9. The summed E-state index contributed by atoms with van der Waals surface area (Å²) in [5, 5.41) is 13.2. The van der Waals surface area contributed by atoms with Gasteiger partial charge < -0.3 is 10.4 Å². The molecule has 26 heavy (non-hydrogen) atoms. The number of aryl methyl sites for hydroxylation is 1. The average Bonchev–Trinajstić information content (AvgIpc) is 2.61. The van der Waals surface area contributed by atoms with Crippen molar-refractivity contribution >= 4 is 29.2 Å². The Morgan fingerprint density at radius 2 is 1.92 bits per heavy atom. The van der Waals surface area contributed by atoms with Crippen LogP contribution in [0.1, 0.15) is 35.1 Å². The minimum atomic E-state index is -0.768. The molecular weight excluding hydrogens is 369 g/mol. The maximum atomic E-state index is 10.6. The number of nitrogens with one attached hydrogen (secondary N) is 1. The maximum absolute atomic E-state index is 10.6. The van der Waals surface area contributed by atoms with Gasteiger partial charge in [0.05, 0.1) is 22.0 Å². The fourth-order valence-corrected chi connectivity index (χ4v) is 3.63. The van der Waals surface area contributed by atoms with Gasteiger partial charge in [0.2, 0.25) is 0 Å². The molecule has 1 aliphatic carbocycles. The lowest BCUT2D eigenvalue weighted by molar-refractivity contribution is -0.136. The van der Waals surface area contributed by atoms with Gasteiger partial charge in [-0.3, -0.25) is 4.79 Å². The van der Waals surface area contributed by atoms with E-state index < -0.39 is 5.97 Å². The van der Waals surface area contributed by atoms with Crippen molar-refractivity contribution in [3.05, 3.63) is 68.7 Å². The largest absolute Gasteiger partial charge is 0.481 e. The van der Waals surface area contributed by atoms with Gasteiger partial charge in [0.25, 0.3) is 0 Å². The van der Waals surface area contributed by atoms with E-state index in [1.54, 1.807) is 18.2 Å². The van der Waals surface area contributed by atoms with Crippen molar-refractivity contribution in [1.82, 2.24) is 5.32 Å². The first-order valence-corrected chi connectivity index (χ1v) is 9.31. The molecule has 2 aromatic carbocycles. The predicted molar refractivity (Wildman–Crippen MR) is 105 cm³/mol. The molecule has 134 valence electrons. The van der Waals surface area contributed by atoms with E-state index in [1.165, 1.54) is 11.1 Å². The molecule has 0 saturated heterocycles. The third-order valence-electron chi connectivity index (χ3n) is 4.50. The molecule has 0 radical (unpaired) electrons. The summed E-state index contributed by atoms with van der Waals surface area (Å²) in [5.74, 6) is 5.45. The predicted octanol–water partition coefficient (Wildman–Crippen LogP) is 4.31. The second-order valence-corrected chi connectivity index (χ2v) is 7.18. The monoisotopic (exact) mass is 387 g/mol. The highest BCUT2D eigenvalue weighted by atomic mass is 35.5. The molecule has 2 aromatic rings. The lowest BCUT2D eigenvalue weighted by Gasteiger charge is -2.25. The van der Waals surface area contributed by atoms with Crippen LogP contribution in [0, 0.1) is 11.8 Å². The quantitative estimate of drug-likeness (QED) is 0.768. The molecular formula is C21H19Cl2NO2. The molecule has 2 N–H and O–H groups in total. The highest BCUT2D eigenvalue weighted by Gasteiger charge is 2.18. The van der Waals surface area contributed by atoms with Crippen molar-refractivity contribution in [2.45, 2.75) is 31.7 Å². The van der Waals surface area contributed by atoms with E-state index in [0.29, 0.717) is 28.2 Å². The Balaban J connectivity index is 1.70. The Bertz CT molecular complexity index is 863. The summed E-state index contributed by atoms with van der Waals surface area (Å²) in [4.78, 5) is 10.6. The number of carboxylic acid groups (broad SMARTS) is 1. The Labute approximate surface area is 163 Å². The number of benzene rings is 2. The molecule has 1 atom stereocenters. The van der Waals surface area contributed by atoms with Gasteiger partial charge in [-0.15, -0.1) is 0 Å². The highest BCUT2D eigenvalue weighted by molar-refractivity contribution is 6.36. The van der Waals surface area contributed by atoms with Gasteiger partial charge in [-0.25, -0.2) is 0 Å². The molecule has 0 bridgehead atoms. The molecule has 0 aromatic heterocycles. The minimum absolute atomic E-state index is 0.155. The van der Waals surface area contributed by atoms with E-state index in [9.17, 15) is 4.79 Å². The first-order valence-electron chi connectivity index (χ1n) is 8.56. The van der Waals surface area contributed by atoms with Crippen LogP contribution < -0.4 is 5.32 Å². The van der Waals surface area contributed by atoms with E-state index in [4.69, 9.17) is 28.3 Å². The first kappa shape index (κ1) is 18.8. The zero-order valence-corrected chi connectivity index (χ0v) is 15.7. The SMILES string of the molecule is O=C(O)CCNC1CCc2cc(C#Cc3c(Cl)cccc3Cl)ccc2C1. The Morgan fingerprint density at radius 1 is 1.15 bits per heavy atom. The second-order valence-electron chi connectivity index (χ2n) is 6.37. The zero-order chi connectivity index (χ0) is 18.5. The summed E-state index contributed by atoms with van der Waals surface area (Å²) < 4.78 is 0. The molecule has 5 heteroatoms. The topological polar surface area (TPSA) is 49.3 Å². The lowest BCUT2D eigenvalue weighted by Crippen LogP contribution is -2.35. The smallest absolute Gasteiger partial charge is 0.304 e. The van der Waals surface area contributed by atoms with Crippen molar-refractivity contribution < 1.29 is 9.90 Å². The third kappa shape index (κ3) is 4.80. The Kier molecular flexibility index (Phi) is 6.21. The van der Waals surface area contributed by atoms with E-state index in [-0.39, 0.29) is 6.42 Å². The van der Waals surface area contributed by atoms with Crippen molar-refractivity contribution in [2.24, 2.45) is 0 Å². The van der Waals surface area contributed by atoms with Crippen LogP contribution in [0.2, 0.25) is 10.0 Å². The molecule has 0 amide bonds. The van der Waals surface area contributed by atoms with Crippen LogP contribution in [0.25, 0.3) is 0 Å². The van der Waals surface area contributed by atoms with Crippen LogP contribution in [0.5, 0.6) is 0 Å². The van der Waals surface area contributed by atoms with Crippen LogP contribution >= 0.6 is 23.2 Å². The molecule has 0 aliphatic heterocycles. The Morgan fingerprint density at radius 3 is 2.65 bits per heavy atom. The summed E-state index contributed by atoms with van der Waals surface area (Å²) >= 11 is 12.3. The van der Waals surface area contributed by atoms with Crippen LogP contribution in [-0.4, -0.2) is 23.7 Å². The third-order valence-corrected chi connectivity index (χ3v) is 5.13. The molecule has 1 unspecified atom stereocenters. The van der Waals surface area contributed by atoms with E-state index in [2.05, 4.69) is 29.3 Å². The van der Waals surface area contributed by atoms with Gasteiger partial charge >= 0.3 is 5.97 Å². The van der Waals surface area contributed by atoms with Crippen molar-refractivity contribution in [2.75, 3.05) is 6.54 Å². The summed E-state index contributed by atoms with van der Waals surface area (Å²) in [7, 11) is 0. The molecule has 3 rings (SSSR count). The van der Waals surface area contributed by atoms with Gasteiger partial charge in [0, 0.05) is 18.2 Å². The fourth-order valence-electron chi connectivity index (χ4n) is 3.14. The van der Waals surface area contributed by atoms with Gasteiger partial charge in [0.1, 0.15) is 0 Å². The maximum Gasteiger partial charge on any atom is 0.304 e. The number of aliphatic carboxylic acids is 1. The molecule has 1 aliphatic rings. The van der Waals surface area contributed by atoms with Gasteiger partial charge in [-0.05, 0) is 54.7 Å². The van der Waals surface area contributed by atoms with Gasteiger partial charge in [0.15, 0.2) is 0 Å². The average molecular weight is 388 g/mol. The molecule has 3 nitrogen and oxygen atoms in total. The van der Waals surface area contributed by atoms with Crippen molar-refractivity contribution in [3.8, 4) is 11.8 Å². The number of hydrogen-bond donors (Lipinski definition) is 2. The van der Waals surface area contributed by atoms with Crippen molar-refractivity contribution in [3.63, 3.8) is 0 Å². The number of hydrogen-bond acceptors (Lipinski definition) is 2. The van der Waals surface area contributed by atoms with Crippen LogP contribution in [-0.2, 0) is 17.6 Å². The number of rotatable bonds is 4. The summed E-state index contributed by atoms with van der Waals surface area (Å²) in [6.07, 6.45) is 3.03. The second kappa shape index (κ2) is 8.60. The summed E-state index contributed by atoms with van der Waals surface area (Å²) in [6.45, 7) is 0.511. The minimum Gasteiger partial charge on any atom is -0.481 e. The number of carbonyl (C=O) groups is 1. The van der Waals surface area contributed by atoms with Gasteiger partial charge in [-0.2, -0.15) is 0 Å². The molecule has 0 heterocycles. The summed E-state index contributed by atoms with van der Waals surface area (Å²) in [5.41, 5.74) is 4.19. The molecule has 0 fully saturated rings. The lowest BCUT2D eigenvalue weighted by atomic mass is 9.87.